The van der Waals surface area contributed by atoms with Crippen molar-refractivity contribution in [2.45, 2.75) is 62.9 Å². The van der Waals surface area contributed by atoms with Crippen LogP contribution in [0.4, 0.5) is 0 Å². The van der Waals surface area contributed by atoms with Crippen molar-refractivity contribution in [1.29, 1.82) is 0 Å². The van der Waals surface area contributed by atoms with E-state index in [1.807, 2.05) is 42.5 Å². The van der Waals surface area contributed by atoms with Gasteiger partial charge in [-0.2, -0.15) is 0 Å². The maximum Gasteiger partial charge on any atom is 0.305 e. The van der Waals surface area contributed by atoms with Crippen molar-refractivity contribution in [3.63, 3.8) is 0 Å². The fraction of sp³-hybridized carbons (Fsp3) is 0.577. The molecule has 2 aliphatic rings. The monoisotopic (exact) mass is 444 g/mol. The van der Waals surface area contributed by atoms with Gasteiger partial charge in [0.1, 0.15) is 0 Å². The minimum Gasteiger partial charge on any atom is -0.469 e. The van der Waals surface area contributed by atoms with Gasteiger partial charge in [0.25, 0.3) is 0 Å². The topological polar surface area (TPSA) is 85.2 Å². The largest absolute Gasteiger partial charge is 0.469 e. The Balaban J connectivity index is 1.57. The highest BCUT2D eigenvalue weighted by Crippen LogP contribution is 2.38. The maximum absolute atomic E-state index is 11.2. The van der Waals surface area contributed by atoms with Crippen LogP contribution in [-0.4, -0.2) is 54.5 Å². The summed E-state index contributed by atoms with van der Waals surface area (Å²) in [7, 11) is 1.39. The quantitative estimate of drug-likeness (QED) is 0.308. The van der Waals surface area contributed by atoms with Crippen LogP contribution in [0.1, 0.15) is 44.1 Å². The molecule has 0 aromatic heterocycles. The van der Waals surface area contributed by atoms with Crippen molar-refractivity contribution < 1.29 is 29.2 Å². The molecule has 6 nitrogen and oxygen atoms in total. The van der Waals surface area contributed by atoms with Gasteiger partial charge >= 0.3 is 5.97 Å². The summed E-state index contributed by atoms with van der Waals surface area (Å²) in [6.07, 6.45) is 11.4. The number of benzene rings is 1. The van der Waals surface area contributed by atoms with Crippen LogP contribution in [0.15, 0.2) is 54.6 Å². The fourth-order valence-electron chi connectivity index (χ4n) is 4.56. The number of carbonyl (C=O) groups excluding carboxylic acids is 1. The van der Waals surface area contributed by atoms with Crippen LogP contribution in [0.3, 0.4) is 0 Å². The van der Waals surface area contributed by atoms with Gasteiger partial charge in [0, 0.05) is 25.2 Å². The van der Waals surface area contributed by atoms with Gasteiger partial charge in [-0.05, 0) is 43.2 Å². The fourth-order valence-corrected chi connectivity index (χ4v) is 4.56. The summed E-state index contributed by atoms with van der Waals surface area (Å²) in [6, 6.07) is 10.2. The number of ether oxygens (including phenoxy) is 3. The lowest BCUT2D eigenvalue weighted by Crippen LogP contribution is -2.29. The third-order valence-corrected chi connectivity index (χ3v) is 6.42. The average molecular weight is 445 g/mol. The van der Waals surface area contributed by atoms with E-state index < -0.39 is 18.0 Å². The summed E-state index contributed by atoms with van der Waals surface area (Å²) in [5.41, 5.74) is 1.23. The molecule has 3 unspecified atom stereocenters. The third-order valence-electron chi connectivity index (χ3n) is 6.42. The van der Waals surface area contributed by atoms with E-state index in [0.717, 1.165) is 19.3 Å². The van der Waals surface area contributed by atoms with Gasteiger partial charge in [0.15, 0.2) is 5.79 Å². The lowest BCUT2D eigenvalue weighted by Gasteiger charge is -2.26. The van der Waals surface area contributed by atoms with Crippen molar-refractivity contribution in [3.05, 3.63) is 60.2 Å². The van der Waals surface area contributed by atoms with Crippen LogP contribution in [0.25, 0.3) is 0 Å². The molecule has 2 N–H and O–H groups in total. The van der Waals surface area contributed by atoms with Gasteiger partial charge in [-0.25, -0.2) is 0 Å². The van der Waals surface area contributed by atoms with E-state index in [2.05, 4.69) is 16.9 Å². The average Bonchev–Trinajstić information content (AvgIpc) is 3.38. The number of hydrogen-bond donors (Lipinski definition) is 2. The Hall–Kier alpha value is -1.99. The van der Waals surface area contributed by atoms with E-state index in [0.29, 0.717) is 38.9 Å². The van der Waals surface area contributed by atoms with Crippen molar-refractivity contribution in [2.75, 3.05) is 20.3 Å². The number of rotatable bonds is 11. The molecule has 1 aromatic carbocycles. The van der Waals surface area contributed by atoms with Crippen LogP contribution in [-0.2, 0) is 25.4 Å². The van der Waals surface area contributed by atoms with E-state index in [-0.39, 0.29) is 17.8 Å². The Morgan fingerprint density at radius 1 is 1.16 bits per heavy atom. The van der Waals surface area contributed by atoms with Crippen LogP contribution in [0.2, 0.25) is 0 Å². The first-order chi connectivity index (χ1) is 15.5. The summed E-state index contributed by atoms with van der Waals surface area (Å²) < 4.78 is 16.6. The first-order valence-corrected chi connectivity index (χ1v) is 11.6. The number of hydrogen-bond acceptors (Lipinski definition) is 6. The molecule has 2 fully saturated rings. The zero-order valence-electron chi connectivity index (χ0n) is 18.9. The van der Waals surface area contributed by atoms with Crippen LogP contribution >= 0.6 is 0 Å². The van der Waals surface area contributed by atoms with Gasteiger partial charge in [-0.15, -0.1) is 0 Å². The van der Waals surface area contributed by atoms with E-state index in [1.165, 1.54) is 12.7 Å². The highest BCUT2D eigenvalue weighted by atomic mass is 16.7. The van der Waals surface area contributed by atoms with Gasteiger partial charge in [0.05, 0.1) is 32.5 Å². The van der Waals surface area contributed by atoms with Crippen molar-refractivity contribution in [3.8, 4) is 0 Å². The maximum atomic E-state index is 11.2. The van der Waals surface area contributed by atoms with Crippen molar-refractivity contribution >= 4 is 5.97 Å². The second kappa shape index (κ2) is 12.3. The van der Waals surface area contributed by atoms with E-state index in [4.69, 9.17) is 9.47 Å². The standard InChI is InChI=1S/C26H36O6/c1-30-25(29)12-8-3-2-7-11-21-22(24(28)19-23(21)27)14-16-26(31-17-18-32-26)15-13-20-9-5-4-6-10-20/h2,4-7,9-10,14,16,21-24,27-28H,3,8,11-13,15,17-19H2,1H3/b7-2-,16-14+/t21?,22-,23?,24?/m1/s1. The number of unbranched alkanes of at least 4 members (excludes halogenated alkanes) is 1. The summed E-state index contributed by atoms with van der Waals surface area (Å²) in [4.78, 5) is 11.2. The molecular weight excluding hydrogens is 408 g/mol. The molecule has 1 aliphatic carbocycles. The molecule has 32 heavy (non-hydrogen) atoms. The van der Waals surface area contributed by atoms with Gasteiger partial charge < -0.3 is 24.4 Å². The number of aryl methyl sites for hydroxylation is 1. The summed E-state index contributed by atoms with van der Waals surface area (Å²) in [5, 5.41) is 21.1. The summed E-state index contributed by atoms with van der Waals surface area (Å²) >= 11 is 0. The number of aliphatic hydroxyl groups excluding tert-OH is 2. The second-order valence-corrected chi connectivity index (χ2v) is 8.64. The van der Waals surface area contributed by atoms with Gasteiger partial charge in [-0.1, -0.05) is 48.6 Å². The minimum atomic E-state index is -0.780. The lowest BCUT2D eigenvalue weighted by molar-refractivity contribution is -0.140. The summed E-state index contributed by atoms with van der Waals surface area (Å²) in [6.45, 7) is 1.10. The Bertz CT molecular complexity index is 753. The zero-order chi connectivity index (χ0) is 22.8. The smallest absolute Gasteiger partial charge is 0.305 e. The number of methoxy groups -OCH3 is 1. The molecule has 0 amide bonds. The first kappa shape index (κ1) is 24.6. The highest BCUT2D eigenvalue weighted by Gasteiger charge is 2.41. The molecule has 1 saturated carbocycles. The Labute approximate surface area is 190 Å². The highest BCUT2D eigenvalue weighted by molar-refractivity contribution is 5.69. The van der Waals surface area contributed by atoms with Crippen LogP contribution in [0.5, 0.6) is 0 Å². The molecule has 0 bridgehead atoms. The van der Waals surface area contributed by atoms with Crippen LogP contribution in [0, 0.1) is 11.8 Å². The molecule has 176 valence electrons. The molecule has 0 spiro atoms. The Morgan fingerprint density at radius 2 is 1.91 bits per heavy atom. The molecule has 4 atom stereocenters. The summed E-state index contributed by atoms with van der Waals surface area (Å²) in [5.74, 6) is -1.20. The normalized spacial score (nSPS) is 27.5. The molecule has 6 heteroatoms. The number of carbonyl (C=O) groups is 1. The van der Waals surface area contributed by atoms with Crippen molar-refractivity contribution in [1.82, 2.24) is 0 Å². The number of esters is 1. The molecular formula is C26H36O6. The van der Waals surface area contributed by atoms with Crippen LogP contribution < -0.4 is 0 Å². The molecule has 1 aliphatic heterocycles. The second-order valence-electron chi connectivity index (χ2n) is 8.64. The number of aliphatic hydroxyl groups is 2. The predicted molar refractivity (Wildman–Crippen MR) is 122 cm³/mol. The predicted octanol–water partition coefficient (Wildman–Crippen LogP) is 3.57. The SMILES string of the molecule is COC(=O)CCC/C=C\CC1C(O)CC(O)[C@@H]1/C=C/C1(CCc2ccccc2)OCCO1. The first-order valence-electron chi connectivity index (χ1n) is 11.6. The van der Waals surface area contributed by atoms with Crippen molar-refractivity contribution in [2.24, 2.45) is 11.8 Å². The van der Waals surface area contributed by atoms with E-state index in [9.17, 15) is 15.0 Å². The lowest BCUT2D eigenvalue weighted by atomic mass is 9.89. The molecule has 1 aromatic rings. The Kier molecular flexibility index (Phi) is 9.48. The molecule has 1 heterocycles. The molecule has 3 rings (SSSR count). The molecule has 1 saturated heterocycles. The molecule has 0 radical (unpaired) electrons. The number of allylic oxidation sites excluding steroid dienone is 2. The minimum absolute atomic E-state index is 0.0642. The van der Waals surface area contributed by atoms with Gasteiger partial charge in [-0.3, -0.25) is 4.79 Å². The third kappa shape index (κ3) is 7.01. The van der Waals surface area contributed by atoms with Gasteiger partial charge in [0.2, 0.25) is 0 Å². The van der Waals surface area contributed by atoms with E-state index in [1.54, 1.807) is 0 Å². The van der Waals surface area contributed by atoms with E-state index >= 15 is 0 Å². The Morgan fingerprint density at radius 3 is 2.62 bits per heavy atom. The zero-order valence-corrected chi connectivity index (χ0v) is 18.9.